The molecule has 4 heteroatoms. The number of nitrogens with zero attached hydrogens (tertiary/aromatic N) is 4. The van der Waals surface area contributed by atoms with Crippen LogP contribution >= 0.6 is 0 Å². The van der Waals surface area contributed by atoms with Gasteiger partial charge in [0.2, 0.25) is 0 Å². The van der Waals surface area contributed by atoms with Crippen LogP contribution in [0.4, 0.5) is 68.2 Å². The van der Waals surface area contributed by atoms with E-state index in [1.807, 2.05) is 0 Å². The van der Waals surface area contributed by atoms with Crippen molar-refractivity contribution in [1.82, 2.24) is 0 Å². The molecule has 0 spiro atoms. The number of benzene rings is 18. The second-order valence-corrected chi connectivity index (χ2v) is 37.0. The second-order valence-electron chi connectivity index (χ2n) is 37.0. The molecular weight excluding hydrogens is 1520 g/mol. The maximum Gasteiger partial charge on any atom is 0.0468 e. The van der Waals surface area contributed by atoms with E-state index in [9.17, 15) is 0 Å². The van der Waals surface area contributed by atoms with E-state index in [0.717, 1.165) is 74.7 Å². The highest BCUT2D eigenvalue weighted by molar-refractivity contribution is 5.97. The molecule has 0 radical (unpaired) electrons. The molecule has 0 fully saturated rings. The van der Waals surface area contributed by atoms with E-state index < -0.39 is 0 Å². The summed E-state index contributed by atoms with van der Waals surface area (Å²) < 4.78 is 0. The van der Waals surface area contributed by atoms with Crippen molar-refractivity contribution in [2.45, 2.75) is 90.4 Å². The van der Waals surface area contributed by atoms with Crippen molar-refractivity contribution in [2.75, 3.05) is 19.6 Å². The predicted octanol–water partition coefficient (Wildman–Crippen LogP) is 33.3. The van der Waals surface area contributed by atoms with E-state index in [0.29, 0.717) is 0 Å². The van der Waals surface area contributed by atoms with Gasteiger partial charge >= 0.3 is 0 Å². The Balaban J connectivity index is 0.492. The Labute approximate surface area is 741 Å². The minimum absolute atomic E-state index is 0.195. The number of hydrogen-bond donors (Lipinski definition) is 0. The first-order valence-electron chi connectivity index (χ1n) is 44.4. The van der Waals surface area contributed by atoms with Crippen LogP contribution < -0.4 is 19.6 Å². The lowest BCUT2D eigenvalue weighted by Crippen LogP contribution is -2.16. The largest absolute Gasteiger partial charge is 0.310 e. The van der Waals surface area contributed by atoms with Gasteiger partial charge in [0.15, 0.2) is 0 Å². The lowest BCUT2D eigenvalue weighted by atomic mass is 9.81. The molecule has 18 aromatic rings. The lowest BCUT2D eigenvalue weighted by molar-refractivity contribution is 0.660. The third-order valence-electron chi connectivity index (χ3n) is 27.8. The summed E-state index contributed by atoms with van der Waals surface area (Å²) in [5.74, 6) is 0. The van der Waals surface area contributed by atoms with Gasteiger partial charge in [-0.25, -0.2) is 0 Å². The molecule has 606 valence electrons. The van der Waals surface area contributed by atoms with Gasteiger partial charge in [-0.1, -0.05) is 334 Å². The molecular formula is C122H98N4. The smallest absolute Gasteiger partial charge is 0.0468 e. The van der Waals surface area contributed by atoms with Crippen molar-refractivity contribution in [3.05, 3.63) is 478 Å². The zero-order chi connectivity index (χ0) is 85.3. The Kier molecular flexibility index (Phi) is 18.6. The average molecular weight is 1620 g/mol. The van der Waals surface area contributed by atoms with Crippen LogP contribution in [0.2, 0.25) is 0 Å². The van der Waals surface area contributed by atoms with E-state index in [4.69, 9.17) is 0 Å². The van der Waals surface area contributed by atoms with Crippen molar-refractivity contribution in [3.8, 4) is 44.5 Å². The fourth-order valence-electron chi connectivity index (χ4n) is 21.0. The van der Waals surface area contributed by atoms with Gasteiger partial charge in [-0.05, 0) is 303 Å². The SMILES string of the molecule is Cc1ccc(N(c2ccccc2)c2ccc3c(c2)C(C)(C)c2cc(C=Cc4ccc5c(c4)C(C)(C)c4cc(N(c6ccccc6)c6ccc(Cc7cccc8cc(N(c9ccccc9)c9ccc%10c(c9)C(C)(C)c9cc(C=Cc%11ccc%12c(c%11)C(C)(C)c%11cc(N(c%13ccccc%13)c%13ccc%14ccccc%14c%13)ccc%11-%12)ccc9-%10)ccc78)cc6)ccc4-5)ccc2-3)cc1. The molecule has 126 heavy (non-hydrogen) atoms. The molecule has 0 saturated heterocycles. The van der Waals surface area contributed by atoms with Gasteiger partial charge in [-0.2, -0.15) is 0 Å². The molecule has 0 aliphatic heterocycles. The second kappa shape index (κ2) is 30.3. The third kappa shape index (κ3) is 13.3. The summed E-state index contributed by atoms with van der Waals surface area (Å²) in [7, 11) is 0. The van der Waals surface area contributed by atoms with Crippen LogP contribution in [-0.4, -0.2) is 0 Å². The third-order valence-corrected chi connectivity index (χ3v) is 27.8. The van der Waals surface area contributed by atoms with E-state index in [1.165, 1.54) is 150 Å². The lowest BCUT2D eigenvalue weighted by Gasteiger charge is -2.28. The van der Waals surface area contributed by atoms with Gasteiger partial charge in [0, 0.05) is 89.9 Å². The zero-order valence-electron chi connectivity index (χ0n) is 72.8. The number of para-hydroxylation sites is 4. The van der Waals surface area contributed by atoms with Crippen LogP contribution in [0.5, 0.6) is 0 Å². The highest BCUT2D eigenvalue weighted by atomic mass is 15.2. The maximum absolute atomic E-state index is 2.45. The van der Waals surface area contributed by atoms with Crippen LogP contribution in [0.25, 0.3) is 90.4 Å². The monoisotopic (exact) mass is 1620 g/mol. The molecule has 18 aromatic carbocycles. The minimum Gasteiger partial charge on any atom is -0.310 e. The van der Waals surface area contributed by atoms with Crippen LogP contribution in [0.1, 0.15) is 139 Å². The molecule has 0 heterocycles. The Morgan fingerprint density at radius 1 is 0.198 bits per heavy atom. The molecule has 4 aliphatic rings. The number of anilines is 12. The summed E-state index contributed by atoms with van der Waals surface area (Å²) in [5, 5.41) is 4.92. The Bertz CT molecular complexity index is 7410. The first-order valence-corrected chi connectivity index (χ1v) is 44.4. The Morgan fingerprint density at radius 2 is 0.452 bits per heavy atom. The van der Waals surface area contributed by atoms with Crippen LogP contribution in [0.3, 0.4) is 0 Å². The molecule has 0 unspecified atom stereocenters. The van der Waals surface area contributed by atoms with Crippen LogP contribution in [-0.2, 0) is 28.1 Å². The van der Waals surface area contributed by atoms with E-state index in [1.54, 1.807) is 0 Å². The number of fused-ring (bicyclic) bond motifs is 14. The fourth-order valence-corrected chi connectivity index (χ4v) is 21.0. The molecule has 4 aliphatic carbocycles. The Hall–Kier alpha value is -14.8. The molecule has 0 saturated carbocycles. The van der Waals surface area contributed by atoms with Crippen LogP contribution in [0.15, 0.2) is 394 Å². The molecule has 4 nitrogen and oxygen atoms in total. The van der Waals surface area contributed by atoms with Crippen molar-refractivity contribution >= 4 is 114 Å². The van der Waals surface area contributed by atoms with Gasteiger partial charge < -0.3 is 19.6 Å². The van der Waals surface area contributed by atoms with Gasteiger partial charge in [0.25, 0.3) is 0 Å². The number of rotatable bonds is 18. The molecule has 0 aromatic heterocycles. The number of aryl methyl sites for hydroxylation is 1. The normalized spacial score (nSPS) is 14.1. The van der Waals surface area contributed by atoms with E-state index in [-0.39, 0.29) is 21.7 Å². The van der Waals surface area contributed by atoms with Gasteiger partial charge in [0.05, 0.1) is 0 Å². The number of hydrogen-bond acceptors (Lipinski definition) is 4. The summed E-state index contributed by atoms with van der Waals surface area (Å²) in [6.45, 7) is 21.3. The maximum atomic E-state index is 2.45. The molecule has 0 bridgehead atoms. The fraction of sp³-hybridized carbons (Fsp3) is 0.115. The summed E-state index contributed by atoms with van der Waals surface area (Å²) >= 11 is 0. The van der Waals surface area contributed by atoms with Crippen LogP contribution in [0, 0.1) is 6.92 Å². The van der Waals surface area contributed by atoms with Gasteiger partial charge in [-0.15, -0.1) is 0 Å². The molecule has 0 N–H and O–H groups in total. The standard InChI is InChI=1S/C122H98N4/c1-80-37-50-94(51-38-80)123(90-29-14-10-15-30-90)98-56-65-107-103-60-45-82(70-111(103)119(2,3)115(107)76-98)39-40-83-46-61-104-108-66-57-99(77-116(108)120(4,5)112(104)71-83)124(91-31-16-11-17-32-91)95-52-43-81(44-53-95)69-88-27-24-28-89-75-97(55-64-102(88)89)126(93-35-20-13-21-36-93)101-59-68-110-106-63-48-85(73-114(106)122(8,9)118(110)79-101)42-41-84-47-62-105-109-67-58-100(78-117(109)121(6,7)113(105)72-84)125(92-33-18-12-19-34-92)96-54-49-86-25-22-23-26-87(86)74-96/h10-68,70-79H,69H2,1-9H3. The molecule has 22 rings (SSSR count). The summed E-state index contributed by atoms with van der Waals surface area (Å²) in [6.07, 6.45) is 10.0. The quantitative estimate of drug-likeness (QED) is 0.0794. The van der Waals surface area contributed by atoms with Crippen molar-refractivity contribution in [3.63, 3.8) is 0 Å². The minimum atomic E-state index is -0.254. The topological polar surface area (TPSA) is 13.0 Å². The Morgan fingerprint density at radius 3 is 0.810 bits per heavy atom. The zero-order valence-corrected chi connectivity index (χ0v) is 72.8. The summed E-state index contributed by atoms with van der Waals surface area (Å²) in [5.41, 5.74) is 42.5. The molecule has 0 atom stereocenters. The highest BCUT2D eigenvalue weighted by Gasteiger charge is 2.41. The average Bonchev–Trinajstić information content (AvgIpc) is 1.59. The van der Waals surface area contributed by atoms with Crippen molar-refractivity contribution < 1.29 is 0 Å². The molecule has 0 amide bonds. The van der Waals surface area contributed by atoms with Crippen molar-refractivity contribution in [2.24, 2.45) is 0 Å². The highest BCUT2D eigenvalue weighted by Crippen LogP contribution is 2.57. The predicted molar refractivity (Wildman–Crippen MR) is 535 cm³/mol. The van der Waals surface area contributed by atoms with Gasteiger partial charge in [-0.3, -0.25) is 0 Å². The van der Waals surface area contributed by atoms with E-state index in [2.05, 4.69) is 501 Å². The van der Waals surface area contributed by atoms with E-state index >= 15 is 0 Å². The first kappa shape index (κ1) is 77.2. The first-order chi connectivity index (χ1) is 61.3. The van der Waals surface area contributed by atoms with Gasteiger partial charge in [0.1, 0.15) is 0 Å². The van der Waals surface area contributed by atoms with Crippen molar-refractivity contribution in [1.29, 1.82) is 0 Å². The summed E-state index contributed by atoms with van der Waals surface area (Å²) in [4.78, 5) is 9.63. The summed E-state index contributed by atoms with van der Waals surface area (Å²) in [6, 6.07) is 147.